The number of nitriles is 1. The normalized spacial score (nSPS) is 10.3. The van der Waals surface area contributed by atoms with Crippen LogP contribution in [-0.4, -0.2) is 24.5 Å². The van der Waals surface area contributed by atoms with Gasteiger partial charge in [-0.3, -0.25) is 9.36 Å². The molecule has 0 unspecified atom stereocenters. The first kappa shape index (κ1) is 23.8. The van der Waals surface area contributed by atoms with Gasteiger partial charge in [-0.15, -0.1) is 0 Å². The molecule has 0 saturated carbocycles. The number of aryl methyl sites for hydroxylation is 1. The molecule has 10 nitrogen and oxygen atoms in total. The smallest absolute Gasteiger partial charge is 0.266 e. The summed E-state index contributed by atoms with van der Waals surface area (Å²) in [6, 6.07) is 20.7. The minimum Gasteiger partial charge on any atom is -0.384 e. The number of nitrogens with zero attached hydrogens (tertiary/aromatic N) is 6. The van der Waals surface area contributed by atoms with E-state index in [4.69, 9.17) is 27.4 Å². The van der Waals surface area contributed by atoms with Crippen LogP contribution in [0.1, 0.15) is 18.3 Å². The van der Waals surface area contributed by atoms with E-state index in [1.165, 1.54) is 6.20 Å². The maximum absolute atomic E-state index is 13.5. The second-order valence-electron chi connectivity index (χ2n) is 7.67. The minimum atomic E-state index is -0.0796. The van der Waals surface area contributed by atoms with E-state index in [-0.39, 0.29) is 22.9 Å². The highest BCUT2D eigenvalue weighted by molar-refractivity contribution is 5.94. The Morgan fingerprint density at radius 2 is 1.75 bits per heavy atom. The molecule has 0 atom stereocenters. The third-order valence-electron chi connectivity index (χ3n) is 5.35. The SMILES string of the molecule is CCc1nc2cccc(-c3ccnc(N)c3)c2c(=O)n1-c1ccccc1.N#Cc1cnc(N)nc1N. The zero-order valence-corrected chi connectivity index (χ0v) is 19.5. The largest absolute Gasteiger partial charge is 0.384 e. The molecule has 5 aromatic rings. The van der Waals surface area contributed by atoms with Gasteiger partial charge in [0, 0.05) is 12.6 Å². The fraction of sp³-hybridized carbons (Fsp3) is 0.0769. The van der Waals surface area contributed by atoms with E-state index in [2.05, 4.69) is 15.0 Å². The zero-order valence-electron chi connectivity index (χ0n) is 19.5. The highest BCUT2D eigenvalue weighted by Crippen LogP contribution is 2.27. The van der Waals surface area contributed by atoms with Gasteiger partial charge in [0.2, 0.25) is 5.95 Å². The predicted molar refractivity (Wildman–Crippen MR) is 140 cm³/mol. The van der Waals surface area contributed by atoms with Gasteiger partial charge in [0.05, 0.1) is 22.8 Å². The Hall–Kier alpha value is -5.30. The Labute approximate surface area is 206 Å². The first-order chi connectivity index (χ1) is 17.4. The second-order valence-corrected chi connectivity index (χ2v) is 7.67. The summed E-state index contributed by atoms with van der Waals surface area (Å²) in [6.45, 7) is 2.00. The highest BCUT2D eigenvalue weighted by Gasteiger charge is 2.15. The van der Waals surface area contributed by atoms with Crippen LogP contribution in [-0.2, 0) is 6.42 Å². The third kappa shape index (κ3) is 4.80. The van der Waals surface area contributed by atoms with Gasteiger partial charge in [0.15, 0.2) is 0 Å². The second kappa shape index (κ2) is 10.3. The molecule has 5 rings (SSSR count). The fourth-order valence-electron chi connectivity index (χ4n) is 3.71. The molecule has 0 aliphatic carbocycles. The van der Waals surface area contributed by atoms with E-state index in [0.29, 0.717) is 23.1 Å². The van der Waals surface area contributed by atoms with Crippen molar-refractivity contribution in [2.24, 2.45) is 0 Å². The lowest BCUT2D eigenvalue weighted by Crippen LogP contribution is -2.24. The van der Waals surface area contributed by atoms with Crippen LogP contribution in [0.15, 0.2) is 77.9 Å². The summed E-state index contributed by atoms with van der Waals surface area (Å²) in [7, 11) is 0. The fourth-order valence-corrected chi connectivity index (χ4v) is 3.71. The third-order valence-corrected chi connectivity index (χ3v) is 5.35. The van der Waals surface area contributed by atoms with E-state index in [1.807, 2.05) is 67.6 Å². The lowest BCUT2D eigenvalue weighted by Gasteiger charge is -2.14. The minimum absolute atomic E-state index is 0.0796. The predicted octanol–water partition coefficient (Wildman–Crippen LogP) is 3.10. The van der Waals surface area contributed by atoms with Crippen molar-refractivity contribution in [3.05, 3.63) is 94.8 Å². The Kier molecular flexibility index (Phi) is 6.83. The van der Waals surface area contributed by atoms with Crippen LogP contribution in [0, 0.1) is 11.3 Å². The molecule has 0 aliphatic rings. The molecule has 3 heterocycles. The van der Waals surface area contributed by atoms with E-state index in [0.717, 1.165) is 22.6 Å². The van der Waals surface area contributed by atoms with Gasteiger partial charge in [-0.05, 0) is 41.5 Å². The Morgan fingerprint density at radius 1 is 0.972 bits per heavy atom. The number of pyridine rings is 1. The van der Waals surface area contributed by atoms with E-state index < -0.39 is 0 Å². The first-order valence-corrected chi connectivity index (χ1v) is 11.0. The van der Waals surface area contributed by atoms with Crippen molar-refractivity contribution in [3.8, 4) is 22.9 Å². The molecular weight excluding hydrogens is 454 g/mol. The summed E-state index contributed by atoms with van der Waals surface area (Å²) in [5, 5.41) is 8.94. The van der Waals surface area contributed by atoms with Crippen molar-refractivity contribution in [3.63, 3.8) is 0 Å². The van der Waals surface area contributed by atoms with Gasteiger partial charge >= 0.3 is 0 Å². The van der Waals surface area contributed by atoms with Crippen LogP contribution < -0.4 is 22.8 Å². The number of nitrogens with two attached hydrogens (primary N) is 3. The van der Waals surface area contributed by atoms with Gasteiger partial charge in [-0.2, -0.15) is 10.2 Å². The Bertz CT molecular complexity index is 1640. The summed E-state index contributed by atoms with van der Waals surface area (Å²) in [5.74, 6) is 1.35. The number of hydrogen-bond donors (Lipinski definition) is 3. The summed E-state index contributed by atoms with van der Waals surface area (Å²) < 4.78 is 1.69. The molecule has 2 aromatic carbocycles. The topological polar surface area (TPSA) is 175 Å². The molecule has 0 saturated heterocycles. The summed E-state index contributed by atoms with van der Waals surface area (Å²) in [5.41, 5.74) is 19.6. The van der Waals surface area contributed by atoms with Crippen molar-refractivity contribution in [2.75, 3.05) is 17.2 Å². The summed E-state index contributed by atoms with van der Waals surface area (Å²) >= 11 is 0. The molecule has 0 bridgehead atoms. The molecule has 3 aromatic heterocycles. The van der Waals surface area contributed by atoms with Crippen molar-refractivity contribution < 1.29 is 0 Å². The average Bonchev–Trinajstić information content (AvgIpc) is 2.89. The molecule has 178 valence electrons. The molecule has 10 heteroatoms. The van der Waals surface area contributed by atoms with Gasteiger partial charge in [-0.1, -0.05) is 37.3 Å². The number of fused-ring (bicyclic) bond motifs is 1. The van der Waals surface area contributed by atoms with E-state index >= 15 is 0 Å². The first-order valence-electron chi connectivity index (χ1n) is 11.0. The lowest BCUT2D eigenvalue weighted by atomic mass is 10.0. The standard InChI is InChI=1S/C21H18N4O.C5H5N5/c1-2-19-24-17-10-6-9-16(14-11-12-23-18(22)13-14)20(17)21(26)25(19)15-7-4-3-5-8-15;6-1-3-2-9-5(8)10-4(3)7/h3-13H,2H2,1H3,(H2,22,23);2H,(H4,7,8,9,10). The van der Waals surface area contributed by atoms with Crippen LogP contribution in [0.4, 0.5) is 17.6 Å². The van der Waals surface area contributed by atoms with Crippen LogP contribution >= 0.6 is 0 Å². The van der Waals surface area contributed by atoms with E-state index in [9.17, 15) is 4.79 Å². The number of nitrogen functional groups attached to an aromatic ring is 3. The van der Waals surface area contributed by atoms with Gasteiger partial charge in [0.1, 0.15) is 29.1 Å². The van der Waals surface area contributed by atoms with Crippen molar-refractivity contribution >= 4 is 28.5 Å². The quantitative estimate of drug-likeness (QED) is 0.352. The number of hydrogen-bond acceptors (Lipinski definition) is 9. The number of benzene rings is 2. The van der Waals surface area contributed by atoms with Gasteiger partial charge < -0.3 is 17.2 Å². The molecular formula is C26H23N9O. The summed E-state index contributed by atoms with van der Waals surface area (Å²) in [4.78, 5) is 29.4. The Balaban J connectivity index is 0.000000256. The van der Waals surface area contributed by atoms with Crippen molar-refractivity contribution in [2.45, 2.75) is 13.3 Å². The molecule has 0 radical (unpaired) electrons. The van der Waals surface area contributed by atoms with Crippen LogP contribution in [0.3, 0.4) is 0 Å². The molecule has 0 aliphatic heterocycles. The molecule has 0 amide bonds. The van der Waals surface area contributed by atoms with Crippen LogP contribution in [0.25, 0.3) is 27.7 Å². The molecule has 0 fully saturated rings. The Morgan fingerprint density at radius 3 is 2.42 bits per heavy atom. The number of para-hydroxylation sites is 1. The monoisotopic (exact) mass is 477 g/mol. The average molecular weight is 478 g/mol. The summed E-state index contributed by atoms with van der Waals surface area (Å²) in [6.07, 6.45) is 3.59. The lowest BCUT2D eigenvalue weighted by molar-refractivity contribution is 0.833. The van der Waals surface area contributed by atoms with Crippen LogP contribution in [0.5, 0.6) is 0 Å². The number of anilines is 3. The molecule has 36 heavy (non-hydrogen) atoms. The zero-order chi connectivity index (χ0) is 25.7. The van der Waals surface area contributed by atoms with Gasteiger partial charge in [0.25, 0.3) is 5.56 Å². The van der Waals surface area contributed by atoms with Crippen molar-refractivity contribution in [1.29, 1.82) is 5.26 Å². The van der Waals surface area contributed by atoms with Gasteiger partial charge in [-0.25, -0.2) is 15.0 Å². The maximum atomic E-state index is 13.5. The number of aromatic nitrogens is 5. The molecule has 6 N–H and O–H groups in total. The highest BCUT2D eigenvalue weighted by atomic mass is 16.1. The van der Waals surface area contributed by atoms with E-state index in [1.54, 1.807) is 16.8 Å². The van der Waals surface area contributed by atoms with Crippen LogP contribution in [0.2, 0.25) is 0 Å². The molecule has 0 spiro atoms. The van der Waals surface area contributed by atoms with Crippen molar-refractivity contribution in [1.82, 2.24) is 24.5 Å². The number of rotatable bonds is 3. The maximum Gasteiger partial charge on any atom is 0.266 e.